The van der Waals surface area contributed by atoms with Gasteiger partial charge in [-0.25, -0.2) is 4.98 Å². The van der Waals surface area contributed by atoms with Crippen LogP contribution in [0.5, 0.6) is 5.75 Å². The summed E-state index contributed by atoms with van der Waals surface area (Å²) in [5.41, 5.74) is 4.34. The van der Waals surface area contributed by atoms with Crippen molar-refractivity contribution in [3.63, 3.8) is 0 Å². The van der Waals surface area contributed by atoms with E-state index in [1.165, 1.54) is 10.9 Å². The molecule has 0 bridgehead atoms. The Morgan fingerprint density at radius 2 is 1.97 bits per heavy atom. The average Bonchev–Trinajstić information content (AvgIpc) is 3.43. The molecule has 0 unspecified atom stereocenters. The minimum Gasteiger partial charge on any atom is -0.484 e. The highest BCUT2D eigenvalue weighted by molar-refractivity contribution is 7.10. The van der Waals surface area contributed by atoms with Gasteiger partial charge in [0.1, 0.15) is 10.8 Å². The fourth-order valence-electron chi connectivity index (χ4n) is 4.33. The van der Waals surface area contributed by atoms with Crippen molar-refractivity contribution in [3.8, 4) is 17.1 Å². The fourth-order valence-corrected chi connectivity index (χ4v) is 5.28. The summed E-state index contributed by atoms with van der Waals surface area (Å²) in [7, 11) is 0. The molecule has 5 nitrogen and oxygen atoms in total. The number of nitrogens with one attached hydrogen (secondary N) is 1. The van der Waals surface area contributed by atoms with Crippen LogP contribution < -0.4 is 4.74 Å². The molecule has 1 N–H and O–H groups in total. The summed E-state index contributed by atoms with van der Waals surface area (Å²) in [5, 5.41) is 4.32. The van der Waals surface area contributed by atoms with E-state index in [1.54, 1.807) is 11.3 Å². The molecule has 1 aliphatic heterocycles. The van der Waals surface area contributed by atoms with Gasteiger partial charge in [0, 0.05) is 22.8 Å². The first-order valence-corrected chi connectivity index (χ1v) is 11.6. The standard InChI is InChI=1S/C25H25N3O2S/c1-17-19-11-5-6-12-20(19)26-24(17)21-16-31-25(27-21)22-13-7-8-14-28(22)23(29)15-30-18-9-3-2-4-10-18/h2-6,9-12,16,22,26H,7-8,13-15H2,1H3/t22-/m1/s1. The lowest BCUT2D eigenvalue weighted by Gasteiger charge is -2.34. The Hall–Kier alpha value is -3.12. The molecule has 0 aliphatic carbocycles. The van der Waals surface area contributed by atoms with Crippen molar-refractivity contribution in [1.82, 2.24) is 14.9 Å². The summed E-state index contributed by atoms with van der Waals surface area (Å²) in [4.78, 5) is 23.4. The lowest BCUT2D eigenvalue weighted by molar-refractivity contribution is -0.137. The summed E-state index contributed by atoms with van der Waals surface area (Å²) in [6.07, 6.45) is 3.07. The van der Waals surface area contributed by atoms with E-state index in [9.17, 15) is 4.79 Å². The molecule has 1 fully saturated rings. The Labute approximate surface area is 185 Å². The molecule has 1 aliphatic rings. The van der Waals surface area contributed by atoms with Gasteiger partial charge in [0.05, 0.1) is 17.4 Å². The maximum Gasteiger partial charge on any atom is 0.261 e. The number of rotatable bonds is 5. The third-order valence-electron chi connectivity index (χ3n) is 5.96. The lowest BCUT2D eigenvalue weighted by atomic mass is 10.0. The molecule has 0 spiro atoms. The number of aromatic amines is 1. The zero-order chi connectivity index (χ0) is 21.2. The van der Waals surface area contributed by atoms with Gasteiger partial charge in [0.2, 0.25) is 0 Å². The maximum absolute atomic E-state index is 13.0. The molecule has 0 saturated carbocycles. The second kappa shape index (κ2) is 8.55. The van der Waals surface area contributed by atoms with Crippen LogP contribution in [-0.4, -0.2) is 33.9 Å². The topological polar surface area (TPSA) is 58.2 Å². The number of benzene rings is 2. The van der Waals surface area contributed by atoms with Crippen LogP contribution in [0, 0.1) is 6.92 Å². The zero-order valence-electron chi connectivity index (χ0n) is 17.5. The van der Waals surface area contributed by atoms with Crippen LogP contribution in [0.25, 0.3) is 22.3 Å². The van der Waals surface area contributed by atoms with Crippen LogP contribution in [0.2, 0.25) is 0 Å². The normalized spacial score (nSPS) is 16.5. The number of carbonyl (C=O) groups is 1. The fraction of sp³-hybridized carbons (Fsp3) is 0.280. The Kier molecular flexibility index (Phi) is 5.47. The molecule has 1 atom stereocenters. The van der Waals surface area contributed by atoms with Gasteiger partial charge in [-0.3, -0.25) is 4.79 Å². The van der Waals surface area contributed by atoms with Gasteiger partial charge < -0.3 is 14.6 Å². The Bertz CT molecular complexity index is 1200. The van der Waals surface area contributed by atoms with Gasteiger partial charge in [0.15, 0.2) is 6.61 Å². The van der Waals surface area contributed by atoms with Crippen molar-refractivity contribution in [1.29, 1.82) is 0 Å². The number of aromatic nitrogens is 2. The SMILES string of the molecule is Cc1c(-c2csc([C@H]3CCCCN3C(=O)COc3ccccc3)n2)[nH]c2ccccc12. The molecule has 6 heteroatoms. The summed E-state index contributed by atoms with van der Waals surface area (Å²) in [5.74, 6) is 0.738. The predicted molar refractivity (Wildman–Crippen MR) is 124 cm³/mol. The minimum absolute atomic E-state index is 0.0176. The summed E-state index contributed by atoms with van der Waals surface area (Å²) in [6.45, 7) is 2.94. The van der Waals surface area contributed by atoms with E-state index in [0.717, 1.165) is 53.5 Å². The number of ether oxygens (including phenoxy) is 1. The number of nitrogens with zero attached hydrogens (tertiary/aromatic N) is 2. The van der Waals surface area contributed by atoms with Crippen LogP contribution in [-0.2, 0) is 4.79 Å². The summed E-state index contributed by atoms with van der Waals surface area (Å²) >= 11 is 1.64. The van der Waals surface area contributed by atoms with E-state index in [2.05, 4.69) is 35.5 Å². The quantitative estimate of drug-likeness (QED) is 0.439. The van der Waals surface area contributed by atoms with Crippen LogP contribution in [0.1, 0.15) is 35.9 Å². The Morgan fingerprint density at radius 1 is 1.16 bits per heavy atom. The molecule has 0 radical (unpaired) electrons. The molecular weight excluding hydrogens is 406 g/mol. The van der Waals surface area contributed by atoms with Gasteiger partial charge in [-0.1, -0.05) is 36.4 Å². The lowest BCUT2D eigenvalue weighted by Crippen LogP contribution is -2.41. The van der Waals surface area contributed by atoms with E-state index in [1.807, 2.05) is 41.3 Å². The van der Waals surface area contributed by atoms with E-state index in [4.69, 9.17) is 9.72 Å². The molecule has 4 aromatic rings. The number of amides is 1. The molecule has 5 rings (SSSR count). The molecular formula is C25H25N3O2S. The van der Waals surface area contributed by atoms with Crippen LogP contribution in [0.15, 0.2) is 60.0 Å². The number of para-hydroxylation sites is 2. The van der Waals surface area contributed by atoms with Gasteiger partial charge in [0.25, 0.3) is 5.91 Å². The molecule has 2 aromatic carbocycles. The first-order chi connectivity index (χ1) is 15.2. The first kappa shape index (κ1) is 19.8. The molecule has 31 heavy (non-hydrogen) atoms. The Morgan fingerprint density at radius 3 is 2.81 bits per heavy atom. The van der Waals surface area contributed by atoms with Crippen molar-refractivity contribution in [2.45, 2.75) is 32.2 Å². The number of piperidine rings is 1. The molecule has 2 aromatic heterocycles. The number of hydrogen-bond acceptors (Lipinski definition) is 4. The number of carbonyl (C=O) groups excluding carboxylic acids is 1. The molecule has 3 heterocycles. The van der Waals surface area contributed by atoms with Crippen molar-refractivity contribution in [2.24, 2.45) is 0 Å². The number of thiazole rings is 1. The molecule has 1 saturated heterocycles. The average molecular weight is 432 g/mol. The van der Waals surface area contributed by atoms with Gasteiger partial charge in [-0.15, -0.1) is 11.3 Å². The Balaban J connectivity index is 1.36. The van der Waals surface area contributed by atoms with E-state index < -0.39 is 0 Å². The van der Waals surface area contributed by atoms with E-state index in [0.29, 0.717) is 0 Å². The highest BCUT2D eigenvalue weighted by atomic mass is 32.1. The van der Waals surface area contributed by atoms with Gasteiger partial charge >= 0.3 is 0 Å². The van der Waals surface area contributed by atoms with Gasteiger partial charge in [-0.2, -0.15) is 0 Å². The van der Waals surface area contributed by atoms with Crippen LogP contribution in [0.3, 0.4) is 0 Å². The summed E-state index contributed by atoms with van der Waals surface area (Å²) in [6, 6.07) is 17.8. The second-order valence-electron chi connectivity index (χ2n) is 7.94. The largest absolute Gasteiger partial charge is 0.484 e. The number of hydrogen-bond donors (Lipinski definition) is 1. The summed E-state index contributed by atoms with van der Waals surface area (Å²) < 4.78 is 5.72. The van der Waals surface area contributed by atoms with Crippen LogP contribution >= 0.6 is 11.3 Å². The number of H-pyrrole nitrogens is 1. The zero-order valence-corrected chi connectivity index (χ0v) is 18.3. The van der Waals surface area contributed by atoms with E-state index >= 15 is 0 Å². The minimum atomic E-state index is 0.0176. The predicted octanol–water partition coefficient (Wildman–Crippen LogP) is 5.73. The number of likely N-dealkylation sites (tertiary alicyclic amines) is 1. The third-order valence-corrected chi connectivity index (χ3v) is 6.90. The highest BCUT2D eigenvalue weighted by Gasteiger charge is 2.30. The second-order valence-corrected chi connectivity index (χ2v) is 8.83. The van der Waals surface area contributed by atoms with Crippen LogP contribution in [0.4, 0.5) is 0 Å². The monoisotopic (exact) mass is 431 g/mol. The van der Waals surface area contributed by atoms with Crippen molar-refractivity contribution in [2.75, 3.05) is 13.2 Å². The number of aryl methyl sites for hydroxylation is 1. The molecule has 1 amide bonds. The third kappa shape index (κ3) is 3.95. The highest BCUT2D eigenvalue weighted by Crippen LogP contribution is 2.36. The maximum atomic E-state index is 13.0. The molecule has 158 valence electrons. The smallest absolute Gasteiger partial charge is 0.261 e. The number of fused-ring (bicyclic) bond motifs is 1. The van der Waals surface area contributed by atoms with Crippen molar-refractivity contribution in [3.05, 3.63) is 70.5 Å². The van der Waals surface area contributed by atoms with E-state index in [-0.39, 0.29) is 18.6 Å². The van der Waals surface area contributed by atoms with Gasteiger partial charge in [-0.05, 0) is 49.9 Å². The first-order valence-electron chi connectivity index (χ1n) is 10.7. The van der Waals surface area contributed by atoms with Crippen molar-refractivity contribution < 1.29 is 9.53 Å². The van der Waals surface area contributed by atoms with Crippen molar-refractivity contribution >= 4 is 28.1 Å².